The Bertz CT molecular complexity index is 3140. The summed E-state index contributed by atoms with van der Waals surface area (Å²) in [4.78, 5) is 112. The molecule has 1 saturated carbocycles. The number of nitrogens with zero attached hydrogens (tertiary/aromatic N) is 9. The number of rotatable bonds is 17. The number of aromatic nitrogens is 4. The molecule has 16 atom stereocenters. The molecule has 26 heteroatoms. The molecule has 0 radical (unpaired) electrons. The van der Waals surface area contributed by atoms with Gasteiger partial charge in [0.1, 0.15) is 30.5 Å². The van der Waals surface area contributed by atoms with Crippen LogP contribution in [0.15, 0.2) is 72.4 Å². The molecule has 8 rings (SSSR count). The Balaban J connectivity index is 0.850. The molecule has 560 valence electrons. The molecule has 4 N–H and O–H groups in total. The van der Waals surface area contributed by atoms with Gasteiger partial charge >= 0.3 is 12.1 Å². The molecule has 1 unspecified atom stereocenters. The van der Waals surface area contributed by atoms with Gasteiger partial charge in [0.05, 0.1) is 44.1 Å². The van der Waals surface area contributed by atoms with Crippen molar-refractivity contribution in [2.45, 2.75) is 206 Å². The number of fused-ring (bicyclic) bond motifs is 3. The highest BCUT2D eigenvalue weighted by Crippen LogP contribution is 2.39. The van der Waals surface area contributed by atoms with E-state index in [1.807, 2.05) is 87.2 Å². The topological polar surface area (TPSA) is 308 Å². The highest BCUT2D eigenvalue weighted by molar-refractivity contribution is 6.39. The first-order valence-electron chi connectivity index (χ1n) is 36.7. The van der Waals surface area contributed by atoms with E-state index in [1.165, 1.54) is 12.0 Å². The molecule has 7 heterocycles. The van der Waals surface area contributed by atoms with Crippen LogP contribution < -0.4 is 15.1 Å². The second kappa shape index (κ2) is 38.8. The molecule has 0 aromatic carbocycles. The number of ketones is 2. The van der Waals surface area contributed by atoms with Gasteiger partial charge in [0.2, 0.25) is 23.6 Å². The number of nitrogens with one attached hydrogen (secondary N) is 1. The highest BCUT2D eigenvalue weighted by Gasteiger charge is 2.53. The van der Waals surface area contributed by atoms with Crippen molar-refractivity contribution in [2.24, 2.45) is 35.5 Å². The SMILES string of the molecule is CO[C@H]1C[C@@H]2CC[C@@H](C)[C@@](O)(O2)C(=O)C(=O)N2CCCC[C@H]2C(=O)OC([C@H](C)C[C@@H]2CC[C@@H](OC(=O)NCc3cnc(N4CCN(C(=O)CCOCCN5CCN(c6ncc(C)cn6)CC5)CC4)nc3)[C@H](OC)C2)C[C@@H](O)[C@H](C)/C=C(\C)[C@@H](O)[C@@H](OC)C(=O)[C@H](C)C[C@H](C)/C=C/C=C/C=C/1C. The first-order valence-corrected chi connectivity index (χ1v) is 36.7. The summed E-state index contributed by atoms with van der Waals surface area (Å²) >= 11 is 0. The molecule has 5 aliphatic heterocycles. The summed E-state index contributed by atoms with van der Waals surface area (Å²) in [6.07, 6.45) is 16.3. The number of carbonyl (C=O) groups excluding carboxylic acids is 6. The van der Waals surface area contributed by atoms with Crippen LogP contribution in [-0.4, -0.2) is 246 Å². The predicted molar refractivity (Wildman–Crippen MR) is 379 cm³/mol. The summed E-state index contributed by atoms with van der Waals surface area (Å²) in [6, 6.07) is -1.18. The minimum atomic E-state index is -2.47. The number of piperidine rings is 1. The summed E-state index contributed by atoms with van der Waals surface area (Å²) in [7, 11) is 4.53. The number of esters is 1. The Kier molecular flexibility index (Phi) is 30.7. The minimum Gasteiger partial charge on any atom is -0.460 e. The van der Waals surface area contributed by atoms with E-state index >= 15 is 0 Å². The number of carbonyl (C=O) groups is 6. The number of alkyl carbamates (subject to hydrolysis) is 1. The summed E-state index contributed by atoms with van der Waals surface area (Å²) in [6.45, 7) is 22.4. The van der Waals surface area contributed by atoms with Crippen LogP contribution in [0.3, 0.4) is 0 Å². The van der Waals surface area contributed by atoms with Crippen LogP contribution in [0.5, 0.6) is 0 Å². The van der Waals surface area contributed by atoms with Crippen LogP contribution >= 0.6 is 0 Å². The van der Waals surface area contributed by atoms with Crippen molar-refractivity contribution in [1.82, 2.24) is 40.0 Å². The maximum absolute atomic E-state index is 14.8. The maximum Gasteiger partial charge on any atom is 0.407 e. The van der Waals surface area contributed by atoms with Gasteiger partial charge < -0.3 is 73.4 Å². The molecule has 1 aliphatic carbocycles. The van der Waals surface area contributed by atoms with Gasteiger partial charge in [-0.3, -0.25) is 24.1 Å². The fourth-order valence-corrected chi connectivity index (χ4v) is 14.8. The number of Topliss-reactive ketones (excluding diaryl/α,β-unsaturated/α-hetero) is 2. The van der Waals surface area contributed by atoms with Gasteiger partial charge in [-0.05, 0) is 119 Å². The zero-order chi connectivity index (χ0) is 72.9. The predicted octanol–water partition coefficient (Wildman–Crippen LogP) is 6.67. The van der Waals surface area contributed by atoms with Gasteiger partial charge in [0, 0.05) is 154 Å². The molecular formula is C75H114N10O16. The third kappa shape index (κ3) is 22.4. The van der Waals surface area contributed by atoms with Gasteiger partial charge in [-0.15, -0.1) is 0 Å². The number of aryl methyl sites for hydroxylation is 1. The highest BCUT2D eigenvalue weighted by atomic mass is 16.6. The average molecular weight is 1410 g/mol. The van der Waals surface area contributed by atoms with E-state index < -0.39 is 102 Å². The molecule has 4 saturated heterocycles. The standard InChI is InChI=1S/C75H114N10O16/c1-48-17-13-12-14-18-50(3)62(95-9)41-58-22-20-55(8)75(94,101-58)69(90)70(91)85-25-16-15-19-59(85)71(92)99-63(42-60(86)51(4)38-54(7)67(89)68(97-11)66(88)53(6)37-48)52(5)39-56-21-23-61(64(40-56)96-10)100-74(93)80-47-57-45-78-73(79-46-57)84-32-30-82(31-33-84)65(87)24-35-98-36-34-81-26-28-83(29-27-81)72-76-43-49(2)44-77-72/h12-14,17-18,38,43-46,48,51-53,55-56,58-64,67-68,86,89,94H,15-16,19-37,39-42,47H2,1-11H3,(H,80,93)/b14-12+,17-13+,50-18+,54-38+/t48-,51-,52-,53-,55-,56+,58+,59+,60-,61-,62+,63?,64-,67-,68+,75-/m1/s1. The average Bonchev–Trinajstić information content (AvgIpc) is 0.773. The monoisotopic (exact) mass is 1410 g/mol. The molecule has 2 aromatic rings. The number of aliphatic hydroxyl groups is 3. The zero-order valence-corrected chi connectivity index (χ0v) is 61.5. The van der Waals surface area contributed by atoms with Crippen LogP contribution in [0.1, 0.15) is 143 Å². The first kappa shape index (κ1) is 80.1. The molecule has 3 amide bonds. The summed E-state index contributed by atoms with van der Waals surface area (Å²) < 4.78 is 42.1. The summed E-state index contributed by atoms with van der Waals surface area (Å²) in [5.74, 6) is -6.54. The van der Waals surface area contributed by atoms with Crippen molar-refractivity contribution in [1.29, 1.82) is 0 Å². The van der Waals surface area contributed by atoms with Crippen molar-refractivity contribution in [3.8, 4) is 0 Å². The molecule has 2 bridgehead atoms. The number of hydrogen-bond acceptors (Lipinski definition) is 23. The number of amides is 3. The zero-order valence-electron chi connectivity index (χ0n) is 61.5. The normalized spacial score (nSPS) is 32.9. The van der Waals surface area contributed by atoms with Gasteiger partial charge in [0.15, 0.2) is 5.78 Å². The molecule has 5 fully saturated rings. The van der Waals surface area contributed by atoms with Crippen LogP contribution in [0.2, 0.25) is 0 Å². The van der Waals surface area contributed by atoms with Gasteiger partial charge in [0.25, 0.3) is 11.7 Å². The lowest BCUT2D eigenvalue weighted by Crippen LogP contribution is -2.61. The van der Waals surface area contributed by atoms with Crippen molar-refractivity contribution in [3.63, 3.8) is 0 Å². The molecule has 2 aromatic heterocycles. The lowest BCUT2D eigenvalue weighted by Gasteiger charge is -2.43. The number of piperazine rings is 2. The van der Waals surface area contributed by atoms with E-state index in [9.17, 15) is 44.1 Å². The largest absolute Gasteiger partial charge is 0.460 e. The number of anilines is 2. The first-order chi connectivity index (χ1) is 48.4. The molecular weight excluding hydrogens is 1300 g/mol. The van der Waals surface area contributed by atoms with Crippen molar-refractivity contribution < 1.29 is 77.2 Å². The van der Waals surface area contributed by atoms with Gasteiger partial charge in [-0.2, -0.15) is 0 Å². The molecule has 26 nitrogen and oxygen atoms in total. The lowest BCUT2D eigenvalue weighted by molar-refractivity contribution is -0.265. The fourth-order valence-electron chi connectivity index (χ4n) is 14.8. The van der Waals surface area contributed by atoms with Crippen molar-refractivity contribution in [2.75, 3.05) is 110 Å². The molecule has 101 heavy (non-hydrogen) atoms. The third-order valence-corrected chi connectivity index (χ3v) is 21.4. The molecule has 0 spiro atoms. The van der Waals surface area contributed by atoms with E-state index in [0.29, 0.717) is 127 Å². The van der Waals surface area contributed by atoms with Crippen LogP contribution in [0.4, 0.5) is 16.7 Å². The summed E-state index contributed by atoms with van der Waals surface area (Å²) in [5.41, 5.74) is 2.98. The van der Waals surface area contributed by atoms with E-state index in [1.54, 1.807) is 53.5 Å². The minimum absolute atomic E-state index is 0.000350. The quantitative estimate of drug-likeness (QED) is 0.0556. The Hall–Kier alpha value is -6.62. The van der Waals surface area contributed by atoms with Gasteiger partial charge in [-0.1, -0.05) is 71.1 Å². The second-order valence-electron chi connectivity index (χ2n) is 29.0. The Labute approximate surface area is 597 Å². The van der Waals surface area contributed by atoms with E-state index in [-0.39, 0.29) is 55.4 Å². The number of aliphatic hydroxyl groups excluding tert-OH is 2. The number of allylic oxidation sites excluding steroid dienone is 5. The number of hydrogen-bond donors (Lipinski definition) is 4. The second-order valence-corrected chi connectivity index (χ2v) is 29.0. The third-order valence-electron chi connectivity index (χ3n) is 21.4. The number of methoxy groups -OCH3 is 3. The smallest absolute Gasteiger partial charge is 0.407 e. The van der Waals surface area contributed by atoms with Crippen LogP contribution in [-0.2, 0) is 63.7 Å². The summed E-state index contributed by atoms with van der Waals surface area (Å²) in [5, 5.41) is 38.7. The van der Waals surface area contributed by atoms with Gasteiger partial charge in [-0.25, -0.2) is 29.5 Å². The maximum atomic E-state index is 14.8. The van der Waals surface area contributed by atoms with E-state index in [2.05, 4.69) is 35.1 Å². The Morgan fingerprint density at radius 2 is 1.42 bits per heavy atom. The van der Waals surface area contributed by atoms with Crippen molar-refractivity contribution >= 4 is 47.3 Å². The van der Waals surface area contributed by atoms with E-state index in [4.69, 9.17) is 33.2 Å². The van der Waals surface area contributed by atoms with Crippen LogP contribution in [0, 0.1) is 42.4 Å². The van der Waals surface area contributed by atoms with E-state index in [0.717, 1.165) is 49.8 Å². The Morgan fingerprint density at radius 1 is 0.733 bits per heavy atom. The van der Waals surface area contributed by atoms with Crippen molar-refractivity contribution in [3.05, 3.63) is 83.5 Å². The number of cyclic esters (lactones) is 1. The fraction of sp³-hybridized carbons (Fsp3) is 0.707. The lowest BCUT2D eigenvalue weighted by atomic mass is 9.78. The number of ether oxygens (including phenoxy) is 7. The van der Waals surface area contributed by atoms with Crippen LogP contribution in [0.25, 0.3) is 0 Å². The Morgan fingerprint density at radius 3 is 2.09 bits per heavy atom. The molecule has 6 aliphatic rings.